The molecule has 0 aliphatic heterocycles. The Hall–Kier alpha value is -1.27. The summed E-state index contributed by atoms with van der Waals surface area (Å²) >= 11 is 6.69. The maximum atomic E-state index is 5.82. The molecule has 0 atom stereocenters. The highest BCUT2D eigenvalue weighted by molar-refractivity contribution is 9.10. The van der Waals surface area contributed by atoms with Crippen molar-refractivity contribution in [3.05, 3.63) is 39.4 Å². The molecule has 1 heterocycles. The molecule has 0 unspecified atom stereocenters. The average Bonchev–Trinajstić information content (AvgIpc) is 2.34. The second-order valence-electron chi connectivity index (χ2n) is 3.45. The van der Waals surface area contributed by atoms with E-state index < -0.39 is 0 Å². The van der Waals surface area contributed by atoms with E-state index in [1.807, 2.05) is 6.07 Å². The lowest BCUT2D eigenvalue weighted by Gasteiger charge is -2.10. The highest BCUT2D eigenvalue weighted by Crippen LogP contribution is 2.34. The van der Waals surface area contributed by atoms with Crippen LogP contribution in [0.25, 0.3) is 0 Å². The summed E-state index contributed by atoms with van der Waals surface area (Å²) in [6.07, 6.45) is 1.63. The minimum absolute atomic E-state index is 0.365. The number of hydrogen-bond acceptors (Lipinski definition) is 4. The quantitative estimate of drug-likeness (QED) is 0.883. The molecule has 6 heteroatoms. The fraction of sp³-hybridized carbons (Fsp3) is 0.0833. The molecule has 18 heavy (non-hydrogen) atoms. The summed E-state index contributed by atoms with van der Waals surface area (Å²) in [6, 6.07) is 7.13. The van der Waals surface area contributed by atoms with Crippen LogP contribution in [0.4, 0.5) is 5.69 Å². The Morgan fingerprint density at radius 1 is 1.22 bits per heavy atom. The van der Waals surface area contributed by atoms with Crippen LogP contribution < -0.4 is 15.2 Å². The van der Waals surface area contributed by atoms with Gasteiger partial charge in [-0.25, -0.2) is 4.98 Å². The predicted molar refractivity (Wildman–Crippen MR) is 77.1 cm³/mol. The van der Waals surface area contributed by atoms with Gasteiger partial charge in [-0.1, -0.05) is 0 Å². The summed E-state index contributed by atoms with van der Waals surface area (Å²) in [5.74, 6) is 1.73. The van der Waals surface area contributed by atoms with Crippen LogP contribution in [0.1, 0.15) is 0 Å². The maximum absolute atomic E-state index is 5.82. The monoisotopic (exact) mass is 372 g/mol. The molecular weight excluding hydrogens is 364 g/mol. The van der Waals surface area contributed by atoms with Gasteiger partial charge >= 0.3 is 0 Å². The van der Waals surface area contributed by atoms with E-state index in [0.717, 1.165) is 14.7 Å². The number of rotatable bonds is 3. The van der Waals surface area contributed by atoms with Crippen LogP contribution in [0.15, 0.2) is 39.4 Å². The molecule has 0 fully saturated rings. The summed E-state index contributed by atoms with van der Waals surface area (Å²) in [5, 5.41) is 0. The van der Waals surface area contributed by atoms with E-state index in [1.165, 1.54) is 0 Å². The number of nitrogen functional groups attached to an aromatic ring is 1. The highest BCUT2D eigenvalue weighted by Gasteiger charge is 2.08. The normalized spacial score (nSPS) is 10.2. The van der Waals surface area contributed by atoms with E-state index in [-0.39, 0.29) is 0 Å². The summed E-state index contributed by atoms with van der Waals surface area (Å²) in [4.78, 5) is 4.11. The molecule has 1 aromatic carbocycles. The van der Waals surface area contributed by atoms with Gasteiger partial charge in [-0.15, -0.1) is 0 Å². The van der Waals surface area contributed by atoms with Crippen LogP contribution in [0.2, 0.25) is 0 Å². The van der Waals surface area contributed by atoms with Crippen molar-refractivity contribution in [2.75, 3.05) is 12.8 Å². The van der Waals surface area contributed by atoms with Crippen LogP contribution in [0.3, 0.4) is 0 Å². The average molecular weight is 374 g/mol. The van der Waals surface area contributed by atoms with E-state index in [0.29, 0.717) is 17.3 Å². The van der Waals surface area contributed by atoms with Crippen molar-refractivity contribution in [3.8, 4) is 17.4 Å². The van der Waals surface area contributed by atoms with Crippen molar-refractivity contribution in [1.29, 1.82) is 0 Å². The van der Waals surface area contributed by atoms with Crippen LogP contribution in [0.5, 0.6) is 17.4 Å². The maximum Gasteiger partial charge on any atom is 0.242 e. The van der Waals surface area contributed by atoms with E-state index in [2.05, 4.69) is 36.8 Å². The zero-order valence-corrected chi connectivity index (χ0v) is 12.7. The number of halogens is 2. The van der Waals surface area contributed by atoms with Crippen LogP contribution in [0, 0.1) is 0 Å². The Labute approximate surface area is 121 Å². The molecule has 0 aliphatic carbocycles. The fourth-order valence-corrected chi connectivity index (χ4v) is 2.11. The Morgan fingerprint density at radius 3 is 2.61 bits per heavy atom. The number of methoxy groups -OCH3 is 1. The van der Waals surface area contributed by atoms with Gasteiger partial charge < -0.3 is 15.2 Å². The third kappa shape index (κ3) is 2.94. The first kappa shape index (κ1) is 13.2. The molecule has 4 nitrogen and oxygen atoms in total. The van der Waals surface area contributed by atoms with Crippen LogP contribution >= 0.6 is 31.9 Å². The summed E-state index contributed by atoms with van der Waals surface area (Å²) < 4.78 is 12.3. The van der Waals surface area contributed by atoms with Gasteiger partial charge in [0.05, 0.1) is 17.3 Å². The molecule has 94 valence electrons. The van der Waals surface area contributed by atoms with E-state index in [4.69, 9.17) is 15.2 Å². The molecule has 0 saturated carbocycles. The molecule has 2 rings (SSSR count). The van der Waals surface area contributed by atoms with Gasteiger partial charge in [0.2, 0.25) is 5.88 Å². The van der Waals surface area contributed by atoms with Crippen molar-refractivity contribution in [2.45, 2.75) is 0 Å². The number of ether oxygens (including phenoxy) is 2. The number of benzene rings is 1. The zero-order chi connectivity index (χ0) is 13.1. The first-order valence-corrected chi connectivity index (χ1v) is 6.61. The number of nitrogens with two attached hydrogens (primary N) is 1. The predicted octanol–water partition coefficient (Wildman–Crippen LogP) is 3.99. The van der Waals surface area contributed by atoms with Gasteiger partial charge in [-0.2, -0.15) is 0 Å². The van der Waals surface area contributed by atoms with Gasteiger partial charge in [0.25, 0.3) is 0 Å². The van der Waals surface area contributed by atoms with Gasteiger partial charge in [0, 0.05) is 10.7 Å². The Balaban J connectivity index is 2.28. The van der Waals surface area contributed by atoms with E-state index in [1.54, 1.807) is 31.5 Å². The van der Waals surface area contributed by atoms with Crippen molar-refractivity contribution in [1.82, 2.24) is 4.98 Å². The fourth-order valence-electron chi connectivity index (χ4n) is 1.32. The van der Waals surface area contributed by atoms with Gasteiger partial charge in [0.15, 0.2) is 0 Å². The van der Waals surface area contributed by atoms with Crippen molar-refractivity contribution in [3.63, 3.8) is 0 Å². The van der Waals surface area contributed by atoms with Crippen molar-refractivity contribution < 1.29 is 9.47 Å². The number of pyridine rings is 1. The summed E-state index contributed by atoms with van der Waals surface area (Å²) in [5.41, 5.74) is 6.28. The van der Waals surface area contributed by atoms with Gasteiger partial charge in [0.1, 0.15) is 11.5 Å². The van der Waals surface area contributed by atoms with Crippen molar-refractivity contribution >= 4 is 37.5 Å². The van der Waals surface area contributed by atoms with Crippen molar-refractivity contribution in [2.24, 2.45) is 0 Å². The lowest BCUT2D eigenvalue weighted by Crippen LogP contribution is -1.95. The standard InChI is InChI=1S/C12H10Br2N2O2/c1-17-8-2-3-11(9(14)5-8)18-12-10(15)4-7(13)6-16-12/h2-6H,15H2,1H3. The second-order valence-corrected chi connectivity index (χ2v) is 5.22. The minimum atomic E-state index is 0.365. The second kappa shape index (κ2) is 5.58. The molecule has 0 spiro atoms. The minimum Gasteiger partial charge on any atom is -0.497 e. The molecule has 2 N–H and O–H groups in total. The number of hydrogen-bond donors (Lipinski definition) is 1. The highest BCUT2D eigenvalue weighted by atomic mass is 79.9. The van der Waals surface area contributed by atoms with Gasteiger partial charge in [-0.3, -0.25) is 0 Å². The van der Waals surface area contributed by atoms with Crippen LogP contribution in [-0.4, -0.2) is 12.1 Å². The molecule has 0 saturated heterocycles. The third-order valence-corrected chi connectivity index (χ3v) is 3.24. The SMILES string of the molecule is COc1ccc(Oc2ncc(Br)cc2N)c(Br)c1. The van der Waals surface area contributed by atoms with E-state index >= 15 is 0 Å². The largest absolute Gasteiger partial charge is 0.497 e. The Morgan fingerprint density at radius 2 is 2.00 bits per heavy atom. The molecule has 0 aliphatic rings. The molecular formula is C12H10Br2N2O2. The lowest BCUT2D eigenvalue weighted by atomic mass is 10.3. The van der Waals surface area contributed by atoms with E-state index in [9.17, 15) is 0 Å². The van der Waals surface area contributed by atoms with Crippen LogP contribution in [-0.2, 0) is 0 Å². The summed E-state index contributed by atoms with van der Waals surface area (Å²) in [6.45, 7) is 0. The first-order valence-electron chi connectivity index (χ1n) is 5.02. The zero-order valence-electron chi connectivity index (χ0n) is 9.48. The number of anilines is 1. The Bertz CT molecular complexity index is 576. The molecule has 1 aromatic heterocycles. The molecule has 0 radical (unpaired) electrons. The number of aromatic nitrogens is 1. The molecule has 0 bridgehead atoms. The smallest absolute Gasteiger partial charge is 0.242 e. The van der Waals surface area contributed by atoms with Gasteiger partial charge in [-0.05, 0) is 56.1 Å². The summed E-state index contributed by atoms with van der Waals surface area (Å²) in [7, 11) is 1.61. The first-order chi connectivity index (χ1) is 8.60. The topological polar surface area (TPSA) is 57.4 Å². The third-order valence-electron chi connectivity index (χ3n) is 2.19. The molecule has 2 aromatic rings. The number of nitrogens with zero attached hydrogens (tertiary/aromatic N) is 1. The lowest BCUT2D eigenvalue weighted by molar-refractivity contribution is 0.411. The Kier molecular flexibility index (Phi) is 4.08. The molecule has 0 amide bonds.